The van der Waals surface area contributed by atoms with Crippen LogP contribution in [-0.4, -0.2) is 68.2 Å². The van der Waals surface area contributed by atoms with Crippen LogP contribution in [0.25, 0.3) is 0 Å². The molecule has 0 spiro atoms. The summed E-state index contributed by atoms with van der Waals surface area (Å²) in [6.07, 6.45) is 1.73. The first-order chi connectivity index (χ1) is 20.1. The SMILES string of the molecule is C=C(CCCC(=O)O)C(=O)[O-].C=C(CCCC(=O)O)C(=O)[O-].C=C(CCCC(=O)O)C(=O)[O-].C=C(CCCC(=O)O)C(=O)[O-].[Zr+4]. The van der Waals surface area contributed by atoms with Crippen LogP contribution < -0.4 is 20.4 Å². The number of carboxylic acids is 8. The molecular weight excluding hydrogens is 684 g/mol. The molecular formula is C28H36O16Zr. The van der Waals surface area contributed by atoms with E-state index in [1.54, 1.807) is 0 Å². The molecule has 0 aliphatic carbocycles. The molecule has 0 amide bonds. The van der Waals surface area contributed by atoms with Crippen molar-refractivity contribution in [2.24, 2.45) is 0 Å². The molecule has 0 saturated carbocycles. The molecule has 248 valence electrons. The average Bonchev–Trinajstić information content (AvgIpc) is 2.88. The Balaban J connectivity index is -0.000000157. The Morgan fingerprint density at radius 1 is 0.356 bits per heavy atom. The summed E-state index contributed by atoms with van der Waals surface area (Å²) in [6, 6.07) is 0. The zero-order valence-electron chi connectivity index (χ0n) is 24.5. The molecule has 0 unspecified atom stereocenters. The van der Waals surface area contributed by atoms with Gasteiger partial charge in [-0.05, 0) is 73.7 Å². The number of hydrogen-bond acceptors (Lipinski definition) is 12. The van der Waals surface area contributed by atoms with Gasteiger partial charge in [0.25, 0.3) is 0 Å². The Labute approximate surface area is 278 Å². The van der Waals surface area contributed by atoms with Crippen molar-refractivity contribution in [3.8, 4) is 0 Å². The minimum atomic E-state index is -1.31. The number of rotatable bonds is 20. The van der Waals surface area contributed by atoms with Crippen LogP contribution in [0.4, 0.5) is 0 Å². The first-order valence-corrected chi connectivity index (χ1v) is 12.6. The van der Waals surface area contributed by atoms with Crippen molar-refractivity contribution in [1.82, 2.24) is 0 Å². The average molecular weight is 720 g/mol. The van der Waals surface area contributed by atoms with Crippen LogP contribution >= 0.6 is 0 Å². The van der Waals surface area contributed by atoms with E-state index in [9.17, 15) is 58.8 Å². The van der Waals surface area contributed by atoms with Crippen molar-refractivity contribution < 1.29 is 105 Å². The van der Waals surface area contributed by atoms with Crippen LogP contribution in [0.3, 0.4) is 0 Å². The van der Waals surface area contributed by atoms with Crippen LogP contribution in [0.5, 0.6) is 0 Å². The van der Waals surface area contributed by atoms with E-state index in [0.717, 1.165) is 0 Å². The third-order valence-electron chi connectivity index (χ3n) is 4.63. The number of hydrogen-bond donors (Lipinski definition) is 4. The summed E-state index contributed by atoms with van der Waals surface area (Å²) in [5, 5.41) is 72.8. The summed E-state index contributed by atoms with van der Waals surface area (Å²) in [4.78, 5) is 79.9. The molecule has 0 bridgehead atoms. The molecule has 0 aromatic heterocycles. The molecule has 0 aromatic carbocycles. The Hall–Kier alpha value is -4.40. The van der Waals surface area contributed by atoms with Gasteiger partial charge in [-0.25, -0.2) is 0 Å². The standard InChI is InChI=1S/4C7H10O4.Zr/c4*1-5(7(10)11)3-2-4-6(8)9;/h4*1-4H2,(H,8,9)(H,10,11);/q;;;;+4/p-4. The van der Waals surface area contributed by atoms with Gasteiger partial charge >= 0.3 is 50.1 Å². The van der Waals surface area contributed by atoms with E-state index in [0.29, 0.717) is 25.7 Å². The predicted octanol–water partition coefficient (Wildman–Crippen LogP) is -1.81. The second kappa shape index (κ2) is 31.0. The molecule has 0 rings (SSSR count). The quantitative estimate of drug-likeness (QED) is 0.101. The number of carbonyl (C=O) groups is 8. The van der Waals surface area contributed by atoms with Gasteiger partial charge in [0, 0.05) is 25.7 Å². The van der Waals surface area contributed by atoms with E-state index in [-0.39, 0.29) is 99.9 Å². The van der Waals surface area contributed by atoms with E-state index in [1.807, 2.05) is 0 Å². The molecule has 17 heteroatoms. The monoisotopic (exact) mass is 718 g/mol. The van der Waals surface area contributed by atoms with Crippen LogP contribution in [0.2, 0.25) is 0 Å². The predicted molar refractivity (Wildman–Crippen MR) is 143 cm³/mol. The molecule has 45 heavy (non-hydrogen) atoms. The molecule has 0 heterocycles. The van der Waals surface area contributed by atoms with E-state index < -0.39 is 47.8 Å². The van der Waals surface area contributed by atoms with E-state index in [1.165, 1.54) is 0 Å². The molecule has 0 fully saturated rings. The third kappa shape index (κ3) is 44.2. The molecule has 16 nitrogen and oxygen atoms in total. The number of aliphatic carboxylic acids is 8. The molecule has 0 radical (unpaired) electrons. The first kappa shape index (κ1) is 50.2. The van der Waals surface area contributed by atoms with Gasteiger partial charge in [0.2, 0.25) is 0 Å². The Morgan fingerprint density at radius 3 is 0.578 bits per heavy atom. The minimum Gasteiger partial charge on any atom is -0.545 e. The van der Waals surface area contributed by atoms with E-state index >= 15 is 0 Å². The molecule has 0 aliphatic rings. The molecule has 0 aliphatic heterocycles. The molecule has 0 saturated heterocycles. The van der Waals surface area contributed by atoms with Crippen LogP contribution in [0.15, 0.2) is 48.6 Å². The first-order valence-electron chi connectivity index (χ1n) is 12.6. The van der Waals surface area contributed by atoms with Crippen LogP contribution in [0, 0.1) is 0 Å². The maximum Gasteiger partial charge on any atom is 4.00 e. The van der Waals surface area contributed by atoms with Crippen molar-refractivity contribution in [3.63, 3.8) is 0 Å². The van der Waals surface area contributed by atoms with Crippen LogP contribution in [-0.2, 0) is 64.6 Å². The van der Waals surface area contributed by atoms with Crippen molar-refractivity contribution in [3.05, 3.63) is 48.6 Å². The molecule has 0 aromatic rings. The fourth-order valence-electron chi connectivity index (χ4n) is 2.22. The second-order valence-electron chi connectivity index (χ2n) is 8.55. The Bertz CT molecular complexity index is 906. The van der Waals surface area contributed by atoms with Gasteiger partial charge in [-0.1, -0.05) is 26.3 Å². The van der Waals surface area contributed by atoms with Gasteiger partial charge in [0.05, 0.1) is 23.9 Å². The zero-order chi connectivity index (χ0) is 35.4. The fourth-order valence-corrected chi connectivity index (χ4v) is 2.22. The normalized spacial score (nSPS) is 8.89. The number of carbonyl (C=O) groups excluding carboxylic acids is 4. The maximum atomic E-state index is 10.0. The summed E-state index contributed by atoms with van der Waals surface area (Å²) in [5.74, 6) is -8.98. The van der Waals surface area contributed by atoms with Crippen molar-refractivity contribution in [2.75, 3.05) is 0 Å². The van der Waals surface area contributed by atoms with Gasteiger partial charge in [0.15, 0.2) is 0 Å². The topological polar surface area (TPSA) is 310 Å². The Morgan fingerprint density at radius 2 is 0.489 bits per heavy atom. The largest absolute Gasteiger partial charge is 4.00 e. The summed E-state index contributed by atoms with van der Waals surface area (Å²) in [5.41, 5.74) is -0.199. The summed E-state index contributed by atoms with van der Waals surface area (Å²) in [7, 11) is 0. The van der Waals surface area contributed by atoms with E-state index in [2.05, 4.69) is 26.3 Å². The fraction of sp³-hybridized carbons (Fsp3) is 0.429. The van der Waals surface area contributed by atoms with Gasteiger partial charge in [-0.3, -0.25) is 19.2 Å². The third-order valence-corrected chi connectivity index (χ3v) is 4.63. The van der Waals surface area contributed by atoms with Gasteiger partial charge < -0.3 is 60.0 Å². The molecule has 4 N–H and O–H groups in total. The minimum absolute atomic E-state index is 0. The van der Waals surface area contributed by atoms with Gasteiger partial charge in [-0.2, -0.15) is 0 Å². The summed E-state index contributed by atoms with van der Waals surface area (Å²) in [6.45, 7) is 12.8. The van der Waals surface area contributed by atoms with Gasteiger partial charge in [0.1, 0.15) is 0 Å². The maximum absolute atomic E-state index is 10.0. The van der Waals surface area contributed by atoms with Crippen LogP contribution in [0.1, 0.15) is 77.0 Å². The molecule has 0 atom stereocenters. The van der Waals surface area contributed by atoms with Crippen molar-refractivity contribution in [2.45, 2.75) is 77.0 Å². The Kier molecular flexibility index (Phi) is 34.7. The zero-order valence-corrected chi connectivity index (χ0v) is 27.0. The van der Waals surface area contributed by atoms with E-state index in [4.69, 9.17) is 20.4 Å². The summed E-state index contributed by atoms with van der Waals surface area (Å²) < 4.78 is 0. The number of carboxylic acid groups (broad SMARTS) is 8. The second-order valence-corrected chi connectivity index (χ2v) is 8.55. The van der Waals surface area contributed by atoms with Gasteiger partial charge in [-0.15, -0.1) is 0 Å². The van der Waals surface area contributed by atoms with Crippen molar-refractivity contribution >= 4 is 47.8 Å². The summed E-state index contributed by atoms with van der Waals surface area (Å²) >= 11 is 0. The smallest absolute Gasteiger partial charge is 0.545 e. The van der Waals surface area contributed by atoms with Crippen molar-refractivity contribution in [1.29, 1.82) is 0 Å².